The molecule has 3 nitrogen and oxygen atoms in total. The van der Waals surface area contributed by atoms with Crippen molar-refractivity contribution in [1.29, 1.82) is 0 Å². The smallest absolute Gasteiger partial charge is 0.130 e. The van der Waals surface area contributed by atoms with Crippen LogP contribution in [0.4, 0.5) is 0 Å². The number of hydrogen-bond donors (Lipinski definition) is 1. The van der Waals surface area contributed by atoms with Gasteiger partial charge < -0.3 is 5.73 Å². The molecule has 0 radical (unpaired) electrons. The molecule has 2 unspecified atom stereocenters. The average Bonchev–Trinajstić information content (AvgIpc) is 2.43. The van der Waals surface area contributed by atoms with Gasteiger partial charge in [0.25, 0.3) is 0 Å². The second-order valence-electron chi connectivity index (χ2n) is 4.74. The lowest BCUT2D eigenvalue weighted by molar-refractivity contribution is 0.598. The summed E-state index contributed by atoms with van der Waals surface area (Å²) in [7, 11) is 1.86. The fourth-order valence-electron chi connectivity index (χ4n) is 2.23. The van der Waals surface area contributed by atoms with Gasteiger partial charge in [-0.05, 0) is 12.3 Å². The van der Waals surface area contributed by atoms with Crippen LogP contribution in [-0.4, -0.2) is 15.8 Å². The molecule has 0 aliphatic heterocycles. The number of halogens is 1. The molecule has 0 aromatic carbocycles. The summed E-state index contributed by atoms with van der Waals surface area (Å²) in [6.45, 7) is 6.33. The van der Waals surface area contributed by atoms with E-state index in [1.165, 1.54) is 0 Å². The second-order valence-corrected chi connectivity index (χ2v) is 5.10. The molecule has 0 bridgehead atoms. The van der Waals surface area contributed by atoms with Gasteiger partial charge in [-0.15, -0.1) is 0 Å². The number of aromatic nitrogens is 2. The Balaban J connectivity index is 2.44. The normalized spacial score (nSPS) is 29.3. The van der Waals surface area contributed by atoms with Crippen molar-refractivity contribution < 1.29 is 0 Å². The topological polar surface area (TPSA) is 43.8 Å². The van der Waals surface area contributed by atoms with Gasteiger partial charge in [0.15, 0.2) is 0 Å². The minimum absolute atomic E-state index is 0.164. The van der Waals surface area contributed by atoms with Crippen LogP contribution in [0.5, 0.6) is 0 Å². The van der Waals surface area contributed by atoms with Crippen molar-refractivity contribution in [2.45, 2.75) is 32.7 Å². The molecule has 78 valence electrons. The van der Waals surface area contributed by atoms with Gasteiger partial charge in [0, 0.05) is 24.6 Å². The van der Waals surface area contributed by atoms with E-state index in [-0.39, 0.29) is 11.5 Å². The minimum atomic E-state index is 0.164. The Kier molecular flexibility index (Phi) is 1.95. The van der Waals surface area contributed by atoms with E-state index in [1.54, 1.807) is 4.68 Å². The van der Waals surface area contributed by atoms with E-state index in [2.05, 4.69) is 18.9 Å². The van der Waals surface area contributed by atoms with Crippen molar-refractivity contribution in [3.05, 3.63) is 16.4 Å². The predicted molar refractivity (Wildman–Crippen MR) is 57.5 cm³/mol. The maximum Gasteiger partial charge on any atom is 0.130 e. The first-order valence-corrected chi connectivity index (χ1v) is 5.19. The molecule has 2 atom stereocenters. The zero-order valence-corrected chi connectivity index (χ0v) is 9.76. The number of nitrogens with zero attached hydrogens (tertiary/aromatic N) is 2. The summed E-state index contributed by atoms with van der Waals surface area (Å²) in [6.07, 6.45) is 0. The molecular weight excluding hydrogens is 198 g/mol. The summed E-state index contributed by atoms with van der Waals surface area (Å²) in [6, 6.07) is 0.211. The highest BCUT2D eigenvalue weighted by Crippen LogP contribution is 2.59. The first-order chi connectivity index (χ1) is 6.37. The molecule has 1 aliphatic rings. The lowest BCUT2D eigenvalue weighted by atomic mass is 10.0. The molecule has 14 heavy (non-hydrogen) atoms. The van der Waals surface area contributed by atoms with E-state index in [4.69, 9.17) is 17.3 Å². The van der Waals surface area contributed by atoms with Crippen molar-refractivity contribution in [3.8, 4) is 0 Å². The maximum atomic E-state index is 6.19. The number of aryl methyl sites for hydroxylation is 2. The molecule has 0 spiro atoms. The van der Waals surface area contributed by atoms with Crippen LogP contribution in [0.3, 0.4) is 0 Å². The third-order valence-corrected chi connectivity index (χ3v) is 3.87. The fraction of sp³-hybridized carbons (Fsp3) is 0.700. The van der Waals surface area contributed by atoms with Gasteiger partial charge >= 0.3 is 0 Å². The summed E-state index contributed by atoms with van der Waals surface area (Å²) in [5.41, 5.74) is 8.33. The Labute approximate surface area is 89.2 Å². The van der Waals surface area contributed by atoms with E-state index in [9.17, 15) is 0 Å². The Hall–Kier alpha value is -0.540. The molecule has 0 amide bonds. The molecule has 1 saturated carbocycles. The van der Waals surface area contributed by atoms with Gasteiger partial charge in [-0.3, -0.25) is 4.68 Å². The predicted octanol–water partition coefficient (Wildman–Crippen LogP) is 1.83. The number of rotatable bonds is 1. The highest BCUT2D eigenvalue weighted by atomic mass is 35.5. The van der Waals surface area contributed by atoms with E-state index in [0.717, 1.165) is 16.4 Å². The van der Waals surface area contributed by atoms with Crippen LogP contribution in [0.25, 0.3) is 0 Å². The zero-order valence-electron chi connectivity index (χ0n) is 9.00. The maximum absolute atomic E-state index is 6.19. The van der Waals surface area contributed by atoms with Crippen molar-refractivity contribution in [1.82, 2.24) is 9.78 Å². The number of hydrogen-bond acceptors (Lipinski definition) is 2. The van der Waals surface area contributed by atoms with E-state index in [0.29, 0.717) is 5.92 Å². The SMILES string of the molecule is Cc1nn(C)c(Cl)c1C1C(N)C1(C)C. The van der Waals surface area contributed by atoms with Crippen LogP contribution >= 0.6 is 11.6 Å². The van der Waals surface area contributed by atoms with Crippen LogP contribution < -0.4 is 5.73 Å². The third kappa shape index (κ3) is 1.12. The highest BCUT2D eigenvalue weighted by molar-refractivity contribution is 6.30. The summed E-state index contributed by atoms with van der Waals surface area (Å²) < 4.78 is 1.72. The van der Waals surface area contributed by atoms with E-state index >= 15 is 0 Å². The summed E-state index contributed by atoms with van der Waals surface area (Å²) in [5.74, 6) is 0.365. The van der Waals surface area contributed by atoms with E-state index in [1.807, 2.05) is 14.0 Å². The lowest BCUT2D eigenvalue weighted by Crippen LogP contribution is -2.06. The van der Waals surface area contributed by atoms with Gasteiger partial charge in [0.2, 0.25) is 0 Å². The van der Waals surface area contributed by atoms with Gasteiger partial charge in [-0.2, -0.15) is 5.10 Å². The van der Waals surface area contributed by atoms with Crippen LogP contribution in [-0.2, 0) is 7.05 Å². The Morgan fingerprint density at radius 3 is 2.29 bits per heavy atom. The van der Waals surface area contributed by atoms with E-state index < -0.39 is 0 Å². The van der Waals surface area contributed by atoms with Gasteiger partial charge in [0.1, 0.15) is 5.15 Å². The molecule has 2 N–H and O–H groups in total. The number of nitrogens with two attached hydrogens (primary N) is 1. The molecule has 4 heteroatoms. The molecule has 0 saturated heterocycles. The Bertz CT molecular complexity index is 381. The molecule has 1 fully saturated rings. The molecule has 1 aromatic heterocycles. The standard InChI is InChI=1S/C10H16ClN3/c1-5-6(9(11)14(4)13-5)7-8(12)10(7,2)3/h7-8H,12H2,1-4H3. The molecule has 1 aliphatic carbocycles. The van der Waals surface area contributed by atoms with Crippen LogP contribution in [0.1, 0.15) is 31.0 Å². The first-order valence-electron chi connectivity index (χ1n) is 4.82. The third-order valence-electron chi connectivity index (χ3n) is 3.42. The highest BCUT2D eigenvalue weighted by Gasteiger charge is 2.58. The Morgan fingerprint density at radius 1 is 1.50 bits per heavy atom. The summed E-state index contributed by atoms with van der Waals surface area (Å²) in [4.78, 5) is 0. The average molecular weight is 214 g/mol. The van der Waals surface area contributed by atoms with Crippen molar-refractivity contribution in [3.63, 3.8) is 0 Å². The molecule has 1 heterocycles. The molecule has 2 rings (SSSR count). The Morgan fingerprint density at radius 2 is 2.00 bits per heavy atom. The molecule has 1 aromatic rings. The minimum Gasteiger partial charge on any atom is -0.327 e. The van der Waals surface area contributed by atoms with Crippen molar-refractivity contribution in [2.24, 2.45) is 18.2 Å². The largest absolute Gasteiger partial charge is 0.327 e. The van der Waals surface area contributed by atoms with Gasteiger partial charge in [-0.1, -0.05) is 25.4 Å². The van der Waals surface area contributed by atoms with Crippen LogP contribution in [0.2, 0.25) is 5.15 Å². The van der Waals surface area contributed by atoms with Crippen LogP contribution in [0.15, 0.2) is 0 Å². The van der Waals surface area contributed by atoms with Crippen molar-refractivity contribution in [2.75, 3.05) is 0 Å². The molecular formula is C10H16ClN3. The zero-order chi connectivity index (χ0) is 10.7. The monoisotopic (exact) mass is 213 g/mol. The van der Waals surface area contributed by atoms with Crippen molar-refractivity contribution >= 4 is 11.6 Å². The van der Waals surface area contributed by atoms with Gasteiger partial charge in [0.05, 0.1) is 5.69 Å². The van der Waals surface area contributed by atoms with Crippen LogP contribution in [0, 0.1) is 12.3 Å². The van der Waals surface area contributed by atoms with Gasteiger partial charge in [-0.25, -0.2) is 0 Å². The second kappa shape index (κ2) is 2.74. The quantitative estimate of drug-likeness (QED) is 0.774. The lowest BCUT2D eigenvalue weighted by Gasteiger charge is -2.01. The summed E-state index contributed by atoms with van der Waals surface area (Å²) >= 11 is 6.19. The summed E-state index contributed by atoms with van der Waals surface area (Å²) in [5, 5.41) is 5.03. The first kappa shape index (κ1) is 9.99. The fourth-order valence-corrected chi connectivity index (χ4v) is 2.52.